The van der Waals surface area contributed by atoms with Gasteiger partial charge in [-0.1, -0.05) is 18.9 Å². The molecule has 0 radical (unpaired) electrons. The standard InChI is InChI=1S/C13H20OS2/c14-11(7-8-13-6-3-9-15-13)10-16-12-4-1-2-5-12/h3,6,9,11-12,14H,1-2,4-5,7-8,10H2. The Hall–Kier alpha value is 0.01000. The lowest BCUT2D eigenvalue weighted by molar-refractivity contribution is 0.189. The SMILES string of the molecule is OC(CCc1cccs1)CSC1CCCC1. The second kappa shape index (κ2) is 6.67. The molecule has 1 aromatic rings. The summed E-state index contributed by atoms with van der Waals surface area (Å²) < 4.78 is 0. The average molecular weight is 256 g/mol. The van der Waals surface area contributed by atoms with Crippen molar-refractivity contribution in [3.63, 3.8) is 0 Å². The molecule has 0 saturated heterocycles. The molecule has 0 amide bonds. The Morgan fingerprint density at radius 2 is 2.25 bits per heavy atom. The molecule has 16 heavy (non-hydrogen) atoms. The van der Waals surface area contributed by atoms with Gasteiger partial charge in [0.25, 0.3) is 0 Å². The van der Waals surface area contributed by atoms with E-state index in [9.17, 15) is 5.11 Å². The van der Waals surface area contributed by atoms with Gasteiger partial charge in [0, 0.05) is 15.9 Å². The third-order valence-electron chi connectivity index (χ3n) is 3.13. The predicted molar refractivity (Wildman–Crippen MR) is 73.4 cm³/mol. The Morgan fingerprint density at radius 3 is 2.94 bits per heavy atom. The van der Waals surface area contributed by atoms with Crippen LogP contribution in [0.4, 0.5) is 0 Å². The zero-order valence-corrected chi connectivity index (χ0v) is 11.2. The van der Waals surface area contributed by atoms with Crippen LogP contribution in [0.15, 0.2) is 17.5 Å². The fourth-order valence-corrected chi connectivity index (χ4v) is 4.20. The molecule has 1 heterocycles. The van der Waals surface area contributed by atoms with E-state index in [1.807, 2.05) is 11.8 Å². The van der Waals surface area contributed by atoms with Gasteiger partial charge in [0.1, 0.15) is 0 Å². The van der Waals surface area contributed by atoms with E-state index in [0.717, 1.165) is 23.8 Å². The van der Waals surface area contributed by atoms with E-state index >= 15 is 0 Å². The van der Waals surface area contributed by atoms with Gasteiger partial charge < -0.3 is 5.11 Å². The molecule has 1 aliphatic carbocycles. The third kappa shape index (κ3) is 4.11. The van der Waals surface area contributed by atoms with Crippen molar-refractivity contribution in [2.45, 2.75) is 49.9 Å². The zero-order chi connectivity index (χ0) is 11.2. The van der Waals surface area contributed by atoms with Gasteiger partial charge in [0.2, 0.25) is 0 Å². The zero-order valence-electron chi connectivity index (χ0n) is 9.60. The van der Waals surface area contributed by atoms with Crippen LogP contribution in [0.1, 0.15) is 37.0 Å². The van der Waals surface area contributed by atoms with Gasteiger partial charge in [-0.15, -0.1) is 11.3 Å². The van der Waals surface area contributed by atoms with E-state index in [2.05, 4.69) is 17.5 Å². The monoisotopic (exact) mass is 256 g/mol. The van der Waals surface area contributed by atoms with Crippen molar-refractivity contribution in [2.75, 3.05) is 5.75 Å². The van der Waals surface area contributed by atoms with Gasteiger partial charge in [-0.2, -0.15) is 11.8 Å². The highest BCUT2D eigenvalue weighted by Crippen LogP contribution is 2.30. The number of thioether (sulfide) groups is 1. The van der Waals surface area contributed by atoms with Crippen LogP contribution < -0.4 is 0 Å². The molecular formula is C13H20OS2. The lowest BCUT2D eigenvalue weighted by Crippen LogP contribution is -2.13. The second-order valence-electron chi connectivity index (χ2n) is 4.51. The van der Waals surface area contributed by atoms with Gasteiger partial charge in [0.15, 0.2) is 0 Å². The Kier molecular flexibility index (Phi) is 5.20. The Labute approximate surface area is 106 Å². The highest BCUT2D eigenvalue weighted by atomic mass is 32.2. The average Bonchev–Trinajstić information content (AvgIpc) is 2.96. The van der Waals surface area contributed by atoms with Crippen molar-refractivity contribution >= 4 is 23.1 Å². The molecule has 1 saturated carbocycles. The van der Waals surface area contributed by atoms with Crippen molar-refractivity contribution < 1.29 is 5.11 Å². The molecule has 1 atom stereocenters. The molecule has 1 N–H and O–H groups in total. The molecular weight excluding hydrogens is 236 g/mol. The van der Waals surface area contributed by atoms with Crippen LogP contribution in [0.2, 0.25) is 0 Å². The summed E-state index contributed by atoms with van der Waals surface area (Å²) in [6.07, 6.45) is 7.34. The van der Waals surface area contributed by atoms with Crippen LogP contribution in [-0.4, -0.2) is 22.2 Å². The van der Waals surface area contributed by atoms with Crippen molar-refractivity contribution in [3.05, 3.63) is 22.4 Å². The van der Waals surface area contributed by atoms with E-state index in [0.29, 0.717) is 0 Å². The summed E-state index contributed by atoms with van der Waals surface area (Å²) in [5.74, 6) is 0.927. The lowest BCUT2D eigenvalue weighted by atomic mass is 10.2. The maximum absolute atomic E-state index is 9.89. The molecule has 0 bridgehead atoms. The van der Waals surface area contributed by atoms with Gasteiger partial charge in [-0.25, -0.2) is 0 Å². The van der Waals surface area contributed by atoms with E-state index in [1.165, 1.54) is 30.6 Å². The molecule has 1 aliphatic rings. The molecule has 90 valence electrons. The first-order chi connectivity index (χ1) is 7.84. The van der Waals surface area contributed by atoms with Crippen LogP contribution in [0.25, 0.3) is 0 Å². The molecule has 2 rings (SSSR count). The summed E-state index contributed by atoms with van der Waals surface area (Å²) in [5, 5.41) is 12.8. The highest BCUT2D eigenvalue weighted by Gasteiger charge is 2.16. The number of aliphatic hydroxyl groups excluding tert-OH is 1. The van der Waals surface area contributed by atoms with Crippen LogP contribution in [0.3, 0.4) is 0 Å². The summed E-state index contributed by atoms with van der Waals surface area (Å²) >= 11 is 3.77. The molecule has 3 heteroatoms. The number of thiophene rings is 1. The summed E-state index contributed by atoms with van der Waals surface area (Å²) in [4.78, 5) is 1.39. The van der Waals surface area contributed by atoms with Gasteiger partial charge in [0.05, 0.1) is 6.10 Å². The number of aliphatic hydroxyl groups is 1. The number of hydrogen-bond acceptors (Lipinski definition) is 3. The van der Waals surface area contributed by atoms with Crippen molar-refractivity contribution in [1.29, 1.82) is 0 Å². The molecule has 1 fully saturated rings. The van der Waals surface area contributed by atoms with Crippen LogP contribution >= 0.6 is 23.1 Å². The van der Waals surface area contributed by atoms with Crippen molar-refractivity contribution in [3.8, 4) is 0 Å². The summed E-state index contributed by atoms with van der Waals surface area (Å²) in [7, 11) is 0. The highest BCUT2D eigenvalue weighted by molar-refractivity contribution is 7.99. The fraction of sp³-hybridized carbons (Fsp3) is 0.692. The molecule has 1 unspecified atom stereocenters. The van der Waals surface area contributed by atoms with Crippen molar-refractivity contribution in [1.82, 2.24) is 0 Å². The summed E-state index contributed by atoms with van der Waals surface area (Å²) in [5.41, 5.74) is 0. The van der Waals surface area contributed by atoms with Gasteiger partial charge in [-0.05, 0) is 37.1 Å². The number of aryl methyl sites for hydroxylation is 1. The fourth-order valence-electron chi connectivity index (χ4n) is 2.15. The predicted octanol–water partition coefficient (Wildman–Crippen LogP) is 3.72. The minimum atomic E-state index is -0.118. The minimum absolute atomic E-state index is 0.118. The smallest absolute Gasteiger partial charge is 0.0634 e. The first-order valence-corrected chi connectivity index (χ1v) is 8.09. The molecule has 0 aliphatic heterocycles. The molecule has 0 aromatic carbocycles. The summed E-state index contributed by atoms with van der Waals surface area (Å²) in [6.45, 7) is 0. The van der Waals surface area contributed by atoms with Crippen molar-refractivity contribution in [2.24, 2.45) is 0 Å². The van der Waals surface area contributed by atoms with E-state index in [-0.39, 0.29) is 6.10 Å². The lowest BCUT2D eigenvalue weighted by Gasteiger charge is -2.13. The van der Waals surface area contributed by atoms with Gasteiger partial charge in [-0.3, -0.25) is 0 Å². The van der Waals surface area contributed by atoms with E-state index < -0.39 is 0 Å². The Balaban J connectivity index is 1.58. The maximum atomic E-state index is 9.89. The quantitative estimate of drug-likeness (QED) is 0.837. The topological polar surface area (TPSA) is 20.2 Å². The first kappa shape index (κ1) is 12.5. The van der Waals surface area contributed by atoms with Crippen LogP contribution in [0.5, 0.6) is 0 Å². The van der Waals surface area contributed by atoms with Crippen LogP contribution in [0, 0.1) is 0 Å². The van der Waals surface area contributed by atoms with E-state index in [4.69, 9.17) is 0 Å². The third-order valence-corrected chi connectivity index (χ3v) is 5.59. The van der Waals surface area contributed by atoms with Crippen LogP contribution in [-0.2, 0) is 6.42 Å². The molecule has 1 nitrogen and oxygen atoms in total. The first-order valence-electron chi connectivity index (χ1n) is 6.16. The Bertz CT molecular complexity index is 278. The Morgan fingerprint density at radius 1 is 1.44 bits per heavy atom. The summed E-state index contributed by atoms with van der Waals surface area (Å²) in [6, 6.07) is 4.24. The molecule has 1 aromatic heterocycles. The van der Waals surface area contributed by atoms with Gasteiger partial charge >= 0.3 is 0 Å². The van der Waals surface area contributed by atoms with E-state index in [1.54, 1.807) is 11.3 Å². The minimum Gasteiger partial charge on any atom is -0.392 e. The number of rotatable bonds is 6. The second-order valence-corrected chi connectivity index (χ2v) is 6.88. The largest absolute Gasteiger partial charge is 0.392 e. The number of hydrogen-bond donors (Lipinski definition) is 1. The maximum Gasteiger partial charge on any atom is 0.0634 e. The normalized spacial score (nSPS) is 19.1. The molecule has 0 spiro atoms.